The lowest BCUT2D eigenvalue weighted by molar-refractivity contribution is -0.142. The van der Waals surface area contributed by atoms with E-state index in [-0.39, 0.29) is 18.2 Å². The van der Waals surface area contributed by atoms with Gasteiger partial charge in [-0.2, -0.15) is 0 Å². The number of carbonyl (C=O) groups excluding carboxylic acids is 1. The van der Waals surface area contributed by atoms with Crippen molar-refractivity contribution in [3.63, 3.8) is 0 Å². The van der Waals surface area contributed by atoms with Crippen LogP contribution in [0, 0.1) is 6.92 Å². The summed E-state index contributed by atoms with van der Waals surface area (Å²) in [5.41, 5.74) is 6.36. The molecule has 0 aliphatic heterocycles. The number of rotatable bonds is 10. The number of hydrogen-bond acceptors (Lipinski definition) is 3. The topological polar surface area (TPSA) is 35.5 Å². The van der Waals surface area contributed by atoms with Gasteiger partial charge in [-0.15, -0.1) is 0 Å². The molecule has 4 aromatic rings. The van der Waals surface area contributed by atoms with Crippen LogP contribution in [0.3, 0.4) is 0 Å². The summed E-state index contributed by atoms with van der Waals surface area (Å²) in [6.45, 7) is 6.02. The third-order valence-corrected chi connectivity index (χ3v) is 6.46. The van der Waals surface area contributed by atoms with Crippen LogP contribution in [0.15, 0.2) is 115 Å². The van der Waals surface area contributed by atoms with Crippen LogP contribution in [0.5, 0.6) is 5.75 Å². The van der Waals surface area contributed by atoms with Gasteiger partial charge in [-0.25, -0.2) is 4.79 Å². The number of para-hydroxylation sites is 1. The molecule has 0 heterocycles. The van der Waals surface area contributed by atoms with Gasteiger partial charge in [0.2, 0.25) is 0 Å². The second kappa shape index (κ2) is 13.3. The zero-order valence-corrected chi connectivity index (χ0v) is 22.2. The molecule has 0 radical (unpaired) electrons. The minimum Gasteiger partial charge on any atom is -0.485 e. The van der Waals surface area contributed by atoms with Crippen LogP contribution in [0.2, 0.25) is 0 Å². The quantitative estimate of drug-likeness (QED) is 0.161. The van der Waals surface area contributed by atoms with Crippen molar-refractivity contribution < 1.29 is 14.3 Å². The molecule has 4 rings (SSSR count). The normalized spacial score (nSPS) is 12.9. The lowest BCUT2D eigenvalue weighted by Gasteiger charge is -2.19. The van der Waals surface area contributed by atoms with Crippen LogP contribution in [-0.2, 0) is 16.0 Å². The Bertz CT molecular complexity index is 1390. The molecule has 3 heteroatoms. The SMILES string of the molecule is Cc1cccc(/C=C/Cc2ccccc2/C=C/C(=O)OC(C)c2ccccc2)c1OC(C)c1ccccc1. The third-order valence-electron chi connectivity index (χ3n) is 6.46. The molecular formula is C35H34O3. The maximum atomic E-state index is 12.4. The highest BCUT2D eigenvalue weighted by Crippen LogP contribution is 2.30. The van der Waals surface area contributed by atoms with E-state index >= 15 is 0 Å². The highest BCUT2D eigenvalue weighted by molar-refractivity contribution is 5.87. The van der Waals surface area contributed by atoms with Crippen LogP contribution < -0.4 is 4.74 Å². The number of allylic oxidation sites excluding steroid dienone is 1. The standard InChI is InChI=1S/C35H34O3/c1-26-14-12-22-33(35(26)38-28(3)30-17-8-5-9-18-30)23-13-21-31-19-10-11-20-32(31)24-25-34(36)37-27(2)29-15-6-4-7-16-29/h4-20,22-25,27-28H,21H2,1-3H3/b23-13+,25-24+. The Morgan fingerprint density at radius 1 is 0.711 bits per heavy atom. The molecule has 38 heavy (non-hydrogen) atoms. The van der Waals surface area contributed by atoms with Gasteiger partial charge in [0.1, 0.15) is 18.0 Å². The van der Waals surface area contributed by atoms with E-state index in [1.807, 2.05) is 85.8 Å². The van der Waals surface area contributed by atoms with Gasteiger partial charge in [-0.3, -0.25) is 0 Å². The van der Waals surface area contributed by atoms with E-state index in [1.165, 1.54) is 6.08 Å². The Balaban J connectivity index is 1.43. The molecule has 2 atom stereocenters. The van der Waals surface area contributed by atoms with Crippen molar-refractivity contribution in [1.29, 1.82) is 0 Å². The van der Waals surface area contributed by atoms with Crippen molar-refractivity contribution in [2.45, 2.75) is 39.4 Å². The minimum absolute atomic E-state index is 0.0559. The van der Waals surface area contributed by atoms with Gasteiger partial charge < -0.3 is 9.47 Å². The first kappa shape index (κ1) is 26.7. The second-order valence-corrected chi connectivity index (χ2v) is 9.29. The molecule has 3 nitrogen and oxygen atoms in total. The van der Waals surface area contributed by atoms with Crippen molar-refractivity contribution in [1.82, 2.24) is 0 Å². The maximum Gasteiger partial charge on any atom is 0.331 e. The predicted octanol–water partition coefficient (Wildman–Crippen LogP) is 8.71. The van der Waals surface area contributed by atoms with Crippen LogP contribution in [0.25, 0.3) is 12.2 Å². The largest absolute Gasteiger partial charge is 0.485 e. The lowest BCUT2D eigenvalue weighted by Crippen LogP contribution is -2.05. The fraction of sp³-hybridized carbons (Fsp3) is 0.171. The Morgan fingerprint density at radius 3 is 2.03 bits per heavy atom. The van der Waals surface area contributed by atoms with E-state index in [0.29, 0.717) is 0 Å². The van der Waals surface area contributed by atoms with Crippen molar-refractivity contribution in [2.24, 2.45) is 0 Å². The number of aryl methyl sites for hydroxylation is 1. The first-order chi connectivity index (χ1) is 18.5. The first-order valence-corrected chi connectivity index (χ1v) is 13.0. The summed E-state index contributed by atoms with van der Waals surface area (Å²) >= 11 is 0. The van der Waals surface area contributed by atoms with Gasteiger partial charge in [-0.05, 0) is 61.1 Å². The molecule has 4 aromatic carbocycles. The average Bonchev–Trinajstić information content (AvgIpc) is 2.95. The third kappa shape index (κ3) is 7.33. The number of benzene rings is 4. The molecule has 0 amide bonds. The molecule has 0 saturated carbocycles. The smallest absolute Gasteiger partial charge is 0.331 e. The van der Waals surface area contributed by atoms with Gasteiger partial charge >= 0.3 is 5.97 Å². The number of carbonyl (C=O) groups is 1. The molecule has 0 aliphatic rings. The summed E-state index contributed by atoms with van der Waals surface area (Å²) in [5, 5.41) is 0. The van der Waals surface area contributed by atoms with E-state index in [2.05, 4.69) is 56.3 Å². The molecule has 192 valence electrons. The number of esters is 1. The Labute approximate surface area is 226 Å². The van der Waals surface area contributed by atoms with Gasteiger partial charge in [0.15, 0.2) is 0 Å². The van der Waals surface area contributed by atoms with Gasteiger partial charge in [0.05, 0.1) is 0 Å². The number of ether oxygens (including phenoxy) is 2. The van der Waals surface area contributed by atoms with E-state index < -0.39 is 0 Å². The summed E-state index contributed by atoms with van der Waals surface area (Å²) < 4.78 is 12.0. The van der Waals surface area contributed by atoms with Crippen LogP contribution in [0.4, 0.5) is 0 Å². The molecule has 2 unspecified atom stereocenters. The molecule has 0 aliphatic carbocycles. The average molecular weight is 503 g/mol. The van der Waals surface area contributed by atoms with E-state index in [9.17, 15) is 4.79 Å². The summed E-state index contributed by atoms with van der Waals surface area (Å²) in [5.74, 6) is 0.532. The molecule has 0 spiro atoms. The van der Waals surface area contributed by atoms with Crippen LogP contribution >= 0.6 is 0 Å². The van der Waals surface area contributed by atoms with Crippen molar-refractivity contribution in [2.75, 3.05) is 0 Å². The van der Waals surface area contributed by atoms with Crippen molar-refractivity contribution in [3.8, 4) is 5.75 Å². The van der Waals surface area contributed by atoms with Crippen LogP contribution in [-0.4, -0.2) is 5.97 Å². The minimum atomic E-state index is -0.360. The molecule has 0 N–H and O–H groups in total. The van der Waals surface area contributed by atoms with Gasteiger partial charge in [0, 0.05) is 11.6 Å². The first-order valence-electron chi connectivity index (χ1n) is 13.0. The van der Waals surface area contributed by atoms with E-state index in [1.54, 1.807) is 0 Å². The second-order valence-electron chi connectivity index (χ2n) is 9.29. The molecule has 0 fully saturated rings. The van der Waals surface area contributed by atoms with E-state index in [4.69, 9.17) is 9.47 Å². The summed E-state index contributed by atoms with van der Waals surface area (Å²) in [7, 11) is 0. The fourth-order valence-electron chi connectivity index (χ4n) is 4.30. The van der Waals surface area contributed by atoms with Crippen molar-refractivity contribution in [3.05, 3.63) is 149 Å². The molecule has 0 aromatic heterocycles. The zero-order chi connectivity index (χ0) is 26.7. The Kier molecular flexibility index (Phi) is 9.31. The maximum absolute atomic E-state index is 12.4. The summed E-state index contributed by atoms with van der Waals surface area (Å²) in [6, 6.07) is 34.2. The lowest BCUT2D eigenvalue weighted by atomic mass is 10.0. The summed E-state index contributed by atoms with van der Waals surface area (Å²) in [6.07, 6.45) is 7.93. The highest BCUT2D eigenvalue weighted by atomic mass is 16.5. The summed E-state index contributed by atoms with van der Waals surface area (Å²) in [4.78, 5) is 12.4. The monoisotopic (exact) mass is 502 g/mol. The molecule has 0 bridgehead atoms. The predicted molar refractivity (Wildman–Crippen MR) is 156 cm³/mol. The number of hydrogen-bond donors (Lipinski definition) is 0. The van der Waals surface area contributed by atoms with Gasteiger partial charge in [-0.1, -0.05) is 115 Å². The highest BCUT2D eigenvalue weighted by Gasteiger charge is 2.12. The Hall–Kier alpha value is -4.37. The van der Waals surface area contributed by atoms with Gasteiger partial charge in [0.25, 0.3) is 0 Å². The van der Waals surface area contributed by atoms with E-state index in [0.717, 1.165) is 45.6 Å². The zero-order valence-electron chi connectivity index (χ0n) is 22.2. The van der Waals surface area contributed by atoms with Crippen molar-refractivity contribution >= 4 is 18.1 Å². The Morgan fingerprint density at radius 2 is 1.32 bits per heavy atom. The molecule has 0 saturated heterocycles. The fourth-order valence-corrected chi connectivity index (χ4v) is 4.30. The molecular weight excluding hydrogens is 468 g/mol. The van der Waals surface area contributed by atoms with Crippen LogP contribution in [0.1, 0.15) is 59.4 Å².